The highest BCUT2D eigenvalue weighted by Gasteiger charge is 2.31. The molecule has 10 heteroatoms. The molecule has 1 N–H and O–H groups in total. The van der Waals surface area contributed by atoms with Gasteiger partial charge in [0.25, 0.3) is 0 Å². The average molecular weight is 533 g/mol. The van der Waals surface area contributed by atoms with E-state index in [2.05, 4.69) is 38.4 Å². The maximum Gasteiger partial charge on any atom is 0.247 e. The summed E-state index contributed by atoms with van der Waals surface area (Å²) in [5, 5.41) is 12.8. The van der Waals surface area contributed by atoms with Crippen molar-refractivity contribution >= 4 is 33.4 Å². The summed E-state index contributed by atoms with van der Waals surface area (Å²) >= 11 is 5.12. The van der Waals surface area contributed by atoms with Gasteiger partial charge in [-0.25, -0.2) is 0 Å². The summed E-state index contributed by atoms with van der Waals surface area (Å²) in [6.45, 7) is 2.15. The number of methoxy groups -OCH3 is 3. The first-order chi connectivity index (χ1) is 16.1. The molecule has 33 heavy (non-hydrogen) atoms. The Labute approximate surface area is 205 Å². The second-order valence-corrected chi connectivity index (χ2v) is 9.21. The number of thioether (sulfide) groups is 1. The Hall–Kier alpha value is -2.72. The van der Waals surface area contributed by atoms with Crippen LogP contribution in [0.1, 0.15) is 31.6 Å². The maximum absolute atomic E-state index is 6.42. The van der Waals surface area contributed by atoms with Gasteiger partial charge in [-0.2, -0.15) is 4.98 Å². The predicted molar refractivity (Wildman–Crippen MR) is 132 cm³/mol. The van der Waals surface area contributed by atoms with Crippen molar-refractivity contribution in [3.63, 3.8) is 0 Å². The Morgan fingerprint density at radius 1 is 1.06 bits per heavy atom. The van der Waals surface area contributed by atoms with E-state index in [4.69, 9.17) is 23.9 Å². The van der Waals surface area contributed by atoms with Crippen LogP contribution in [-0.2, 0) is 0 Å². The summed E-state index contributed by atoms with van der Waals surface area (Å²) < 4.78 is 24.1. The third kappa shape index (κ3) is 4.96. The van der Waals surface area contributed by atoms with Gasteiger partial charge < -0.3 is 24.3 Å². The Morgan fingerprint density at radius 2 is 1.82 bits per heavy atom. The number of rotatable bonds is 8. The van der Waals surface area contributed by atoms with Gasteiger partial charge in [0.2, 0.25) is 17.3 Å². The van der Waals surface area contributed by atoms with Crippen molar-refractivity contribution in [1.29, 1.82) is 0 Å². The quantitative estimate of drug-likeness (QED) is 0.288. The lowest BCUT2D eigenvalue weighted by atomic mass is 10.1. The van der Waals surface area contributed by atoms with Crippen LogP contribution in [-0.4, -0.2) is 42.3 Å². The number of nitrogens with zero attached hydrogens (tertiary/aromatic N) is 3. The van der Waals surface area contributed by atoms with E-state index in [1.54, 1.807) is 45.2 Å². The van der Waals surface area contributed by atoms with E-state index in [9.17, 15) is 0 Å². The van der Waals surface area contributed by atoms with Crippen LogP contribution in [0.25, 0.3) is 11.3 Å². The molecule has 0 bridgehead atoms. The molecule has 1 aliphatic rings. The number of nitrogens with one attached hydrogen (secondary N) is 1. The zero-order valence-electron chi connectivity index (χ0n) is 18.8. The molecular formula is C23H25BrN4O4S. The molecule has 0 unspecified atom stereocenters. The third-order valence-corrected chi connectivity index (χ3v) is 6.55. The van der Waals surface area contributed by atoms with Gasteiger partial charge in [-0.05, 0) is 24.6 Å². The minimum atomic E-state index is -0.660. The van der Waals surface area contributed by atoms with E-state index >= 15 is 0 Å². The summed E-state index contributed by atoms with van der Waals surface area (Å²) in [6.07, 6.45) is 1.52. The van der Waals surface area contributed by atoms with Gasteiger partial charge >= 0.3 is 0 Å². The summed E-state index contributed by atoms with van der Waals surface area (Å²) in [7, 11) is 4.79. The fourth-order valence-electron chi connectivity index (χ4n) is 3.46. The molecule has 0 saturated heterocycles. The molecule has 1 atom stereocenters. The number of benzene rings is 2. The molecule has 4 rings (SSSR count). The highest BCUT2D eigenvalue weighted by atomic mass is 79.9. The second-order valence-electron chi connectivity index (χ2n) is 7.23. The van der Waals surface area contributed by atoms with Crippen LogP contribution in [0, 0.1) is 0 Å². The summed E-state index contributed by atoms with van der Waals surface area (Å²) in [4.78, 5) is 4.70. The third-order valence-electron chi connectivity index (χ3n) is 5.13. The van der Waals surface area contributed by atoms with Gasteiger partial charge in [0, 0.05) is 33.6 Å². The van der Waals surface area contributed by atoms with E-state index in [0.717, 1.165) is 34.3 Å². The molecule has 174 valence electrons. The van der Waals surface area contributed by atoms with Crippen LogP contribution in [0.4, 0.5) is 5.69 Å². The van der Waals surface area contributed by atoms with Gasteiger partial charge in [0.1, 0.15) is 17.2 Å². The number of aromatic nitrogens is 3. The highest BCUT2D eigenvalue weighted by molar-refractivity contribution is 9.10. The van der Waals surface area contributed by atoms with E-state index in [0.29, 0.717) is 39.5 Å². The van der Waals surface area contributed by atoms with Gasteiger partial charge in [-0.15, -0.1) is 10.2 Å². The van der Waals surface area contributed by atoms with Crippen molar-refractivity contribution in [2.24, 2.45) is 0 Å². The number of fused-ring (bicyclic) bond motifs is 3. The van der Waals surface area contributed by atoms with Crippen molar-refractivity contribution in [1.82, 2.24) is 15.2 Å². The summed E-state index contributed by atoms with van der Waals surface area (Å²) in [5.41, 5.74) is 2.90. The van der Waals surface area contributed by atoms with Crippen LogP contribution in [0.5, 0.6) is 23.1 Å². The molecule has 0 spiro atoms. The number of ether oxygens (including phenoxy) is 4. The molecular weight excluding hydrogens is 508 g/mol. The van der Waals surface area contributed by atoms with Gasteiger partial charge in [-0.1, -0.05) is 41.0 Å². The molecule has 0 fully saturated rings. The lowest BCUT2D eigenvalue weighted by Gasteiger charge is -2.24. The number of anilines is 1. The Morgan fingerprint density at radius 3 is 2.48 bits per heavy atom. The van der Waals surface area contributed by atoms with E-state index in [-0.39, 0.29) is 0 Å². The van der Waals surface area contributed by atoms with Crippen molar-refractivity contribution in [3.05, 3.63) is 40.4 Å². The molecule has 0 amide bonds. The highest BCUT2D eigenvalue weighted by Crippen LogP contribution is 2.45. The van der Waals surface area contributed by atoms with Crippen molar-refractivity contribution in [3.8, 4) is 34.4 Å². The van der Waals surface area contributed by atoms with E-state index in [1.807, 2.05) is 18.2 Å². The smallest absolute Gasteiger partial charge is 0.247 e. The van der Waals surface area contributed by atoms with Crippen LogP contribution in [0.2, 0.25) is 0 Å². The summed E-state index contributed by atoms with van der Waals surface area (Å²) in [6, 6.07) is 9.46. The van der Waals surface area contributed by atoms with Crippen LogP contribution >= 0.6 is 27.7 Å². The molecule has 1 aliphatic heterocycles. The largest absolute Gasteiger partial charge is 0.496 e. The zero-order valence-corrected chi connectivity index (χ0v) is 21.2. The van der Waals surface area contributed by atoms with Crippen molar-refractivity contribution < 1.29 is 18.9 Å². The molecule has 0 aliphatic carbocycles. The summed E-state index contributed by atoms with van der Waals surface area (Å²) in [5.74, 6) is 3.04. The minimum Gasteiger partial charge on any atom is -0.496 e. The first-order valence-electron chi connectivity index (χ1n) is 10.5. The second kappa shape index (κ2) is 10.5. The van der Waals surface area contributed by atoms with E-state index in [1.165, 1.54) is 0 Å². The first-order valence-corrected chi connectivity index (χ1v) is 12.3. The molecule has 8 nitrogen and oxygen atoms in total. The van der Waals surface area contributed by atoms with Crippen molar-refractivity contribution in [2.45, 2.75) is 31.1 Å². The lowest BCUT2D eigenvalue weighted by molar-refractivity contribution is 0.213. The Bertz CT molecular complexity index is 1120. The van der Waals surface area contributed by atoms with Gasteiger partial charge in [0.15, 0.2) is 5.69 Å². The van der Waals surface area contributed by atoms with Crippen LogP contribution in [0.3, 0.4) is 0 Å². The van der Waals surface area contributed by atoms with E-state index < -0.39 is 6.23 Å². The fraction of sp³-hybridized carbons (Fsp3) is 0.348. The van der Waals surface area contributed by atoms with Gasteiger partial charge in [0.05, 0.1) is 26.9 Å². The standard InChI is InChI=1S/C23H25BrN4O4S/c1-5-6-9-33-23-26-22-20(27-28-23)15-10-13(24)7-8-16(15)25-21(32-22)19-17(30-3)11-14(29-2)12-18(19)31-4/h7-8,10-12,21,25H,5-6,9H2,1-4H3/t21-/m1/s1. The number of halogens is 1. The fourth-order valence-corrected chi connectivity index (χ4v) is 4.68. The molecule has 2 aromatic carbocycles. The molecule has 0 radical (unpaired) electrons. The Balaban J connectivity index is 1.84. The predicted octanol–water partition coefficient (Wildman–Crippen LogP) is 5.72. The lowest BCUT2D eigenvalue weighted by Crippen LogP contribution is -2.19. The van der Waals surface area contributed by atoms with Crippen LogP contribution < -0.4 is 24.3 Å². The monoisotopic (exact) mass is 532 g/mol. The average Bonchev–Trinajstić information content (AvgIpc) is 2.99. The SMILES string of the molecule is CCCCSc1nnc2c(n1)O[C@H](c1c(OC)cc(OC)cc1OC)Nc1ccc(Br)cc1-2. The first kappa shape index (κ1) is 23.4. The van der Waals surface area contributed by atoms with Gasteiger partial charge in [-0.3, -0.25) is 0 Å². The molecule has 2 heterocycles. The number of unbranched alkanes of at least 4 members (excludes halogenated alkanes) is 1. The zero-order chi connectivity index (χ0) is 23.4. The Kier molecular flexibility index (Phi) is 7.44. The normalized spacial score (nSPS) is 14.3. The molecule has 0 saturated carbocycles. The molecule has 1 aromatic heterocycles. The number of hydrogen-bond donors (Lipinski definition) is 1. The topological polar surface area (TPSA) is 87.6 Å². The van der Waals surface area contributed by atoms with Crippen molar-refractivity contribution in [2.75, 3.05) is 32.4 Å². The maximum atomic E-state index is 6.42. The molecule has 3 aromatic rings. The van der Waals surface area contributed by atoms with Crippen LogP contribution in [0.15, 0.2) is 40.0 Å². The minimum absolute atomic E-state index is 0.387. The number of hydrogen-bond acceptors (Lipinski definition) is 9.